The fourth-order valence-electron chi connectivity index (χ4n) is 3.46. The van der Waals surface area contributed by atoms with E-state index in [9.17, 15) is 0 Å². The van der Waals surface area contributed by atoms with Gasteiger partial charge in [-0.2, -0.15) is 0 Å². The predicted octanol–water partition coefficient (Wildman–Crippen LogP) is 3.99. The molecule has 1 aliphatic carbocycles. The molecule has 1 heterocycles. The Morgan fingerprint density at radius 3 is 2.67 bits per heavy atom. The quantitative estimate of drug-likeness (QED) is 0.532. The lowest BCUT2D eigenvalue weighted by Crippen LogP contribution is -2.46. The summed E-state index contributed by atoms with van der Waals surface area (Å²) in [4.78, 5) is 10.4. The summed E-state index contributed by atoms with van der Waals surface area (Å²) in [5, 5.41) is 8.03. The standard InChI is InChI=1S/C21H30N4OS/c1-16-18(27-19(25-16)17-8-5-4-6-9-17)14-23-20(22-2)24-15-21(10-7-11-21)12-13-26-3/h4-6,8-9H,7,10-15H2,1-3H3,(H2,22,23,24). The number of aromatic nitrogens is 1. The van der Waals surface area contributed by atoms with Crippen LogP contribution in [-0.2, 0) is 11.3 Å². The van der Waals surface area contributed by atoms with Crippen molar-refractivity contribution in [3.05, 3.63) is 40.9 Å². The third-order valence-corrected chi connectivity index (χ3v) is 6.64. The van der Waals surface area contributed by atoms with Gasteiger partial charge in [-0.1, -0.05) is 36.8 Å². The Morgan fingerprint density at radius 1 is 1.26 bits per heavy atom. The molecule has 0 atom stereocenters. The highest BCUT2D eigenvalue weighted by Crippen LogP contribution is 2.43. The lowest BCUT2D eigenvalue weighted by Gasteiger charge is -2.42. The molecule has 0 bridgehead atoms. The Kier molecular flexibility index (Phi) is 6.85. The summed E-state index contributed by atoms with van der Waals surface area (Å²) in [5.74, 6) is 0.854. The fourth-order valence-corrected chi connectivity index (χ4v) is 4.47. The van der Waals surface area contributed by atoms with Gasteiger partial charge in [0.15, 0.2) is 5.96 Å². The van der Waals surface area contributed by atoms with Crippen molar-refractivity contribution in [2.24, 2.45) is 10.4 Å². The van der Waals surface area contributed by atoms with E-state index in [0.29, 0.717) is 5.41 Å². The summed E-state index contributed by atoms with van der Waals surface area (Å²) >= 11 is 1.74. The molecule has 6 heteroatoms. The molecular formula is C21H30N4OS. The van der Waals surface area contributed by atoms with Crippen molar-refractivity contribution in [1.29, 1.82) is 0 Å². The Labute approximate surface area is 166 Å². The molecule has 1 fully saturated rings. The largest absolute Gasteiger partial charge is 0.385 e. The molecule has 0 unspecified atom stereocenters. The molecule has 1 aromatic heterocycles. The van der Waals surface area contributed by atoms with Crippen molar-refractivity contribution >= 4 is 17.3 Å². The molecule has 2 aromatic rings. The first-order valence-electron chi connectivity index (χ1n) is 9.61. The predicted molar refractivity (Wildman–Crippen MR) is 113 cm³/mol. The van der Waals surface area contributed by atoms with Crippen LogP contribution in [0.3, 0.4) is 0 Å². The summed E-state index contributed by atoms with van der Waals surface area (Å²) in [6, 6.07) is 10.3. The summed E-state index contributed by atoms with van der Waals surface area (Å²) in [7, 11) is 3.61. The summed E-state index contributed by atoms with van der Waals surface area (Å²) < 4.78 is 5.28. The van der Waals surface area contributed by atoms with Gasteiger partial charge in [-0.3, -0.25) is 4.99 Å². The Balaban J connectivity index is 1.55. The van der Waals surface area contributed by atoms with Crippen molar-refractivity contribution in [2.75, 3.05) is 27.3 Å². The number of benzene rings is 1. The molecule has 1 aliphatic rings. The van der Waals surface area contributed by atoms with E-state index >= 15 is 0 Å². The average molecular weight is 387 g/mol. The number of methoxy groups -OCH3 is 1. The maximum atomic E-state index is 5.28. The fraction of sp³-hybridized carbons (Fsp3) is 0.524. The van der Waals surface area contributed by atoms with Crippen molar-refractivity contribution in [2.45, 2.75) is 39.2 Å². The van der Waals surface area contributed by atoms with E-state index in [1.165, 1.54) is 29.7 Å². The average Bonchev–Trinajstić information content (AvgIpc) is 3.04. The van der Waals surface area contributed by atoms with Crippen molar-refractivity contribution in [3.8, 4) is 10.6 Å². The Morgan fingerprint density at radius 2 is 2.04 bits per heavy atom. The topological polar surface area (TPSA) is 58.5 Å². The zero-order valence-electron chi connectivity index (χ0n) is 16.5. The number of hydrogen-bond acceptors (Lipinski definition) is 4. The first kappa shape index (κ1) is 19.8. The third-order valence-electron chi connectivity index (χ3n) is 5.43. The molecule has 0 saturated heterocycles. The lowest BCUT2D eigenvalue weighted by atomic mass is 9.67. The van der Waals surface area contributed by atoms with Crippen LogP contribution in [0, 0.1) is 12.3 Å². The number of ether oxygens (including phenoxy) is 1. The molecule has 0 radical (unpaired) electrons. The highest BCUT2D eigenvalue weighted by atomic mass is 32.1. The number of guanidine groups is 1. The van der Waals surface area contributed by atoms with E-state index in [-0.39, 0.29) is 0 Å². The molecule has 27 heavy (non-hydrogen) atoms. The number of thiazole rings is 1. The van der Waals surface area contributed by atoms with Gasteiger partial charge in [-0.05, 0) is 31.6 Å². The number of rotatable bonds is 8. The van der Waals surface area contributed by atoms with E-state index in [0.717, 1.165) is 42.8 Å². The first-order chi connectivity index (χ1) is 13.2. The molecule has 0 amide bonds. The smallest absolute Gasteiger partial charge is 0.191 e. The number of hydrogen-bond donors (Lipinski definition) is 2. The zero-order chi connectivity index (χ0) is 19.1. The van der Waals surface area contributed by atoms with Crippen molar-refractivity contribution < 1.29 is 4.74 Å². The number of aliphatic imine (C=N–C) groups is 1. The van der Waals surface area contributed by atoms with Gasteiger partial charge in [0.25, 0.3) is 0 Å². The number of nitrogens with zero attached hydrogens (tertiary/aromatic N) is 2. The highest BCUT2D eigenvalue weighted by Gasteiger charge is 2.36. The van der Waals surface area contributed by atoms with Gasteiger partial charge < -0.3 is 15.4 Å². The molecule has 1 saturated carbocycles. The second-order valence-electron chi connectivity index (χ2n) is 7.27. The SMILES string of the molecule is CN=C(NCc1sc(-c2ccccc2)nc1C)NCC1(CCOC)CCC1. The van der Waals surface area contributed by atoms with E-state index < -0.39 is 0 Å². The maximum absolute atomic E-state index is 5.28. The van der Waals surface area contributed by atoms with E-state index in [4.69, 9.17) is 9.72 Å². The van der Waals surface area contributed by atoms with Crippen LogP contribution < -0.4 is 10.6 Å². The van der Waals surface area contributed by atoms with Gasteiger partial charge in [0.05, 0.1) is 12.2 Å². The number of aryl methyl sites for hydroxylation is 1. The third kappa shape index (κ3) is 5.08. The first-order valence-corrected chi connectivity index (χ1v) is 10.4. The van der Waals surface area contributed by atoms with Crippen LogP contribution in [-0.4, -0.2) is 38.3 Å². The lowest BCUT2D eigenvalue weighted by molar-refractivity contribution is 0.0732. The van der Waals surface area contributed by atoms with E-state index in [1.807, 2.05) is 13.1 Å². The molecule has 0 spiro atoms. The van der Waals surface area contributed by atoms with Crippen LogP contribution in [0.25, 0.3) is 10.6 Å². The van der Waals surface area contributed by atoms with Gasteiger partial charge >= 0.3 is 0 Å². The molecule has 146 valence electrons. The molecular weight excluding hydrogens is 356 g/mol. The Hall–Kier alpha value is -1.92. The minimum atomic E-state index is 0.370. The van der Waals surface area contributed by atoms with Crippen LogP contribution in [0.15, 0.2) is 35.3 Å². The van der Waals surface area contributed by atoms with Crippen LogP contribution in [0.2, 0.25) is 0 Å². The van der Waals surface area contributed by atoms with Gasteiger partial charge in [-0.15, -0.1) is 11.3 Å². The molecule has 3 rings (SSSR count). The molecule has 1 aromatic carbocycles. The number of nitrogens with one attached hydrogen (secondary N) is 2. The van der Waals surface area contributed by atoms with Gasteiger partial charge in [0.1, 0.15) is 5.01 Å². The van der Waals surface area contributed by atoms with E-state index in [2.05, 4.69) is 46.8 Å². The van der Waals surface area contributed by atoms with Crippen molar-refractivity contribution in [3.63, 3.8) is 0 Å². The summed E-state index contributed by atoms with van der Waals surface area (Å²) in [6.45, 7) is 4.59. The summed E-state index contributed by atoms with van der Waals surface area (Å²) in [5.41, 5.74) is 2.62. The second-order valence-corrected chi connectivity index (χ2v) is 8.35. The zero-order valence-corrected chi connectivity index (χ0v) is 17.4. The van der Waals surface area contributed by atoms with Crippen LogP contribution in [0.1, 0.15) is 36.3 Å². The van der Waals surface area contributed by atoms with Gasteiger partial charge in [-0.25, -0.2) is 4.98 Å². The highest BCUT2D eigenvalue weighted by molar-refractivity contribution is 7.15. The second kappa shape index (κ2) is 9.33. The Bertz CT molecular complexity index is 753. The van der Waals surface area contributed by atoms with Crippen molar-refractivity contribution in [1.82, 2.24) is 15.6 Å². The minimum absolute atomic E-state index is 0.370. The van der Waals surface area contributed by atoms with Gasteiger partial charge in [0, 0.05) is 37.7 Å². The molecule has 0 aliphatic heterocycles. The van der Waals surface area contributed by atoms with E-state index in [1.54, 1.807) is 18.4 Å². The summed E-state index contributed by atoms with van der Waals surface area (Å²) in [6.07, 6.45) is 4.98. The van der Waals surface area contributed by atoms with Gasteiger partial charge in [0.2, 0.25) is 0 Å². The normalized spacial score (nSPS) is 16.0. The minimum Gasteiger partial charge on any atom is -0.385 e. The van der Waals surface area contributed by atoms with Crippen LogP contribution in [0.4, 0.5) is 0 Å². The molecule has 5 nitrogen and oxygen atoms in total. The monoisotopic (exact) mass is 386 g/mol. The maximum Gasteiger partial charge on any atom is 0.191 e. The molecule has 2 N–H and O–H groups in total. The van der Waals surface area contributed by atoms with Crippen LogP contribution in [0.5, 0.6) is 0 Å². The van der Waals surface area contributed by atoms with Crippen LogP contribution >= 0.6 is 11.3 Å².